The van der Waals surface area contributed by atoms with E-state index in [9.17, 15) is 4.79 Å². The molecule has 0 aliphatic heterocycles. The van der Waals surface area contributed by atoms with Gasteiger partial charge in [-0.25, -0.2) is 4.79 Å². The third kappa shape index (κ3) is 4.84. The van der Waals surface area contributed by atoms with Gasteiger partial charge in [-0.1, -0.05) is 13.8 Å². The fourth-order valence-corrected chi connectivity index (χ4v) is 2.02. The molecule has 4 heteroatoms. The molecule has 4 nitrogen and oxygen atoms in total. The number of hydrogen-bond acceptors (Lipinski definition) is 2. The van der Waals surface area contributed by atoms with E-state index in [0.29, 0.717) is 12.6 Å². The monoisotopic (exact) mass is 227 g/mol. The van der Waals surface area contributed by atoms with Crippen LogP contribution in [0.1, 0.15) is 33.1 Å². The second kappa shape index (κ2) is 5.53. The topological polar surface area (TPSA) is 44.4 Å². The van der Waals surface area contributed by atoms with Crippen molar-refractivity contribution in [2.75, 3.05) is 27.2 Å². The van der Waals surface area contributed by atoms with Gasteiger partial charge in [0.2, 0.25) is 0 Å². The zero-order valence-electron chi connectivity index (χ0n) is 11.0. The molecule has 1 fully saturated rings. The first-order chi connectivity index (χ1) is 7.39. The van der Waals surface area contributed by atoms with E-state index in [2.05, 4.69) is 43.5 Å². The molecule has 0 spiro atoms. The SMILES string of the molecule is CN(C)CC(C)(C)CNC(=O)NC1CCC1. The number of nitrogens with zero attached hydrogens (tertiary/aromatic N) is 1. The molecule has 1 saturated carbocycles. The Hall–Kier alpha value is -0.770. The number of carbonyl (C=O) groups excluding carboxylic acids is 1. The van der Waals surface area contributed by atoms with Crippen LogP contribution in [-0.2, 0) is 0 Å². The highest BCUT2D eigenvalue weighted by Crippen LogP contribution is 2.18. The average molecular weight is 227 g/mol. The van der Waals surface area contributed by atoms with Crippen LogP contribution in [-0.4, -0.2) is 44.2 Å². The minimum Gasteiger partial charge on any atom is -0.338 e. The third-order valence-electron chi connectivity index (χ3n) is 2.91. The minimum atomic E-state index is -0.0171. The van der Waals surface area contributed by atoms with Crippen molar-refractivity contribution in [2.24, 2.45) is 5.41 Å². The molecule has 0 unspecified atom stereocenters. The lowest BCUT2D eigenvalue weighted by molar-refractivity contribution is 0.208. The first kappa shape index (κ1) is 13.3. The zero-order valence-corrected chi connectivity index (χ0v) is 11.0. The van der Waals surface area contributed by atoms with Crippen molar-refractivity contribution < 1.29 is 4.79 Å². The molecule has 94 valence electrons. The number of hydrogen-bond donors (Lipinski definition) is 2. The van der Waals surface area contributed by atoms with Gasteiger partial charge in [-0.05, 0) is 38.8 Å². The molecule has 0 aromatic rings. The van der Waals surface area contributed by atoms with Gasteiger partial charge in [-0.2, -0.15) is 0 Å². The average Bonchev–Trinajstić information content (AvgIpc) is 2.06. The molecule has 0 radical (unpaired) electrons. The fraction of sp³-hybridized carbons (Fsp3) is 0.917. The van der Waals surface area contributed by atoms with E-state index in [4.69, 9.17) is 0 Å². The summed E-state index contributed by atoms with van der Waals surface area (Å²) in [5.74, 6) is 0. The Bertz CT molecular complexity index is 234. The van der Waals surface area contributed by atoms with Gasteiger partial charge in [0.25, 0.3) is 0 Å². The molecular formula is C12H25N3O. The molecule has 0 bridgehead atoms. The van der Waals surface area contributed by atoms with Crippen molar-refractivity contribution in [1.82, 2.24) is 15.5 Å². The van der Waals surface area contributed by atoms with Crippen molar-refractivity contribution in [1.29, 1.82) is 0 Å². The summed E-state index contributed by atoms with van der Waals surface area (Å²) in [6, 6.07) is 0.397. The maximum absolute atomic E-state index is 11.5. The van der Waals surface area contributed by atoms with Gasteiger partial charge in [0, 0.05) is 19.1 Å². The summed E-state index contributed by atoms with van der Waals surface area (Å²) in [4.78, 5) is 13.7. The highest BCUT2D eigenvalue weighted by Gasteiger charge is 2.22. The van der Waals surface area contributed by atoms with E-state index in [1.807, 2.05) is 0 Å². The smallest absolute Gasteiger partial charge is 0.315 e. The van der Waals surface area contributed by atoms with Gasteiger partial charge in [0.15, 0.2) is 0 Å². The quantitative estimate of drug-likeness (QED) is 0.746. The van der Waals surface area contributed by atoms with Crippen LogP contribution >= 0.6 is 0 Å². The van der Waals surface area contributed by atoms with Crippen molar-refractivity contribution >= 4 is 6.03 Å². The normalized spacial score (nSPS) is 17.1. The Morgan fingerprint density at radius 1 is 1.38 bits per heavy atom. The Balaban J connectivity index is 2.18. The minimum absolute atomic E-state index is 0.0171. The Kier molecular flexibility index (Phi) is 4.59. The number of rotatable bonds is 5. The first-order valence-electron chi connectivity index (χ1n) is 6.08. The van der Waals surface area contributed by atoms with Crippen molar-refractivity contribution in [3.05, 3.63) is 0 Å². The van der Waals surface area contributed by atoms with Crippen LogP contribution in [0.5, 0.6) is 0 Å². The molecule has 16 heavy (non-hydrogen) atoms. The standard InChI is InChI=1S/C12H25N3O/c1-12(2,9-15(3)4)8-13-11(16)14-10-6-5-7-10/h10H,5-9H2,1-4H3,(H2,13,14,16). The number of urea groups is 1. The van der Waals surface area contributed by atoms with Crippen LogP contribution in [0.2, 0.25) is 0 Å². The van der Waals surface area contributed by atoms with Gasteiger partial charge in [-0.15, -0.1) is 0 Å². The maximum atomic E-state index is 11.5. The van der Waals surface area contributed by atoms with Gasteiger partial charge in [-0.3, -0.25) is 0 Å². The van der Waals surface area contributed by atoms with Crippen LogP contribution in [0.15, 0.2) is 0 Å². The van der Waals surface area contributed by atoms with Crippen LogP contribution in [0.4, 0.5) is 4.79 Å². The summed E-state index contributed by atoms with van der Waals surface area (Å²) in [5, 5.41) is 5.93. The van der Waals surface area contributed by atoms with Gasteiger partial charge in [0.05, 0.1) is 0 Å². The predicted molar refractivity (Wildman–Crippen MR) is 66.5 cm³/mol. The summed E-state index contributed by atoms with van der Waals surface area (Å²) in [6.07, 6.45) is 3.51. The molecule has 1 aliphatic rings. The molecule has 2 N–H and O–H groups in total. The Morgan fingerprint density at radius 2 is 2.00 bits per heavy atom. The second-order valence-corrected chi connectivity index (χ2v) is 5.86. The van der Waals surface area contributed by atoms with E-state index in [0.717, 1.165) is 19.4 Å². The molecule has 0 aromatic carbocycles. The summed E-state index contributed by atoms with van der Waals surface area (Å²) < 4.78 is 0. The lowest BCUT2D eigenvalue weighted by Crippen LogP contribution is -2.48. The van der Waals surface area contributed by atoms with Crippen LogP contribution in [0.25, 0.3) is 0 Å². The fourth-order valence-electron chi connectivity index (χ4n) is 2.02. The largest absolute Gasteiger partial charge is 0.338 e. The number of nitrogens with one attached hydrogen (secondary N) is 2. The lowest BCUT2D eigenvalue weighted by atomic mass is 9.92. The molecule has 0 heterocycles. The number of carbonyl (C=O) groups is 1. The van der Waals surface area contributed by atoms with Crippen molar-refractivity contribution in [3.8, 4) is 0 Å². The molecule has 2 amide bonds. The maximum Gasteiger partial charge on any atom is 0.315 e. The molecule has 1 aliphatic carbocycles. The van der Waals surface area contributed by atoms with Gasteiger partial charge >= 0.3 is 6.03 Å². The highest BCUT2D eigenvalue weighted by atomic mass is 16.2. The summed E-state index contributed by atoms with van der Waals surface area (Å²) in [7, 11) is 4.10. The summed E-state index contributed by atoms with van der Waals surface area (Å²) >= 11 is 0. The van der Waals surface area contributed by atoms with Gasteiger partial charge < -0.3 is 15.5 Å². The van der Waals surface area contributed by atoms with E-state index < -0.39 is 0 Å². The molecular weight excluding hydrogens is 202 g/mol. The highest BCUT2D eigenvalue weighted by molar-refractivity contribution is 5.74. The predicted octanol–water partition coefficient (Wildman–Crippen LogP) is 1.43. The van der Waals surface area contributed by atoms with E-state index in [-0.39, 0.29) is 11.4 Å². The van der Waals surface area contributed by atoms with E-state index in [1.165, 1.54) is 6.42 Å². The Labute approximate surface area is 98.8 Å². The second-order valence-electron chi connectivity index (χ2n) is 5.86. The van der Waals surface area contributed by atoms with Crippen molar-refractivity contribution in [3.63, 3.8) is 0 Å². The van der Waals surface area contributed by atoms with Crippen molar-refractivity contribution in [2.45, 2.75) is 39.2 Å². The zero-order chi connectivity index (χ0) is 12.2. The summed E-state index contributed by atoms with van der Waals surface area (Å²) in [6.45, 7) is 6.01. The molecule has 0 atom stereocenters. The third-order valence-corrected chi connectivity index (χ3v) is 2.91. The van der Waals surface area contributed by atoms with Crippen LogP contribution in [0.3, 0.4) is 0 Å². The Morgan fingerprint density at radius 3 is 2.44 bits per heavy atom. The van der Waals surface area contributed by atoms with E-state index in [1.54, 1.807) is 0 Å². The van der Waals surface area contributed by atoms with Gasteiger partial charge in [0.1, 0.15) is 0 Å². The summed E-state index contributed by atoms with van der Waals surface area (Å²) in [5.41, 5.74) is 0.112. The lowest BCUT2D eigenvalue weighted by Gasteiger charge is -2.30. The van der Waals surface area contributed by atoms with Crippen LogP contribution < -0.4 is 10.6 Å². The molecule has 0 aromatic heterocycles. The molecule has 0 saturated heterocycles. The van der Waals surface area contributed by atoms with E-state index >= 15 is 0 Å². The first-order valence-corrected chi connectivity index (χ1v) is 6.08. The van der Waals surface area contributed by atoms with Crippen LogP contribution in [0, 0.1) is 5.41 Å². The number of amides is 2. The molecule has 1 rings (SSSR count).